The first-order valence-corrected chi connectivity index (χ1v) is 4.42. The summed E-state index contributed by atoms with van der Waals surface area (Å²) in [6, 6.07) is 0. The van der Waals surface area contributed by atoms with E-state index in [4.69, 9.17) is 28.9 Å². The third kappa shape index (κ3) is 2.54. The van der Waals surface area contributed by atoms with Gasteiger partial charge in [-0.3, -0.25) is 0 Å². The number of hydrogen-bond donors (Lipinski definition) is 1. The Morgan fingerprint density at radius 3 is 2.92 bits per heavy atom. The van der Waals surface area contributed by atoms with Crippen molar-refractivity contribution >= 4 is 29.0 Å². The molecule has 0 aromatic carbocycles. The van der Waals surface area contributed by atoms with E-state index in [0.717, 1.165) is 11.5 Å². The van der Waals surface area contributed by atoms with E-state index in [1.165, 1.54) is 0 Å². The fourth-order valence-electron chi connectivity index (χ4n) is 0.871. The van der Waals surface area contributed by atoms with E-state index in [-0.39, 0.29) is 5.92 Å². The fourth-order valence-corrected chi connectivity index (χ4v) is 1.26. The van der Waals surface area contributed by atoms with Crippen LogP contribution in [-0.2, 0) is 0 Å². The Bertz CT molecular complexity index is 266. The van der Waals surface area contributed by atoms with Gasteiger partial charge in [0, 0.05) is 5.03 Å². The summed E-state index contributed by atoms with van der Waals surface area (Å²) >= 11 is 11.6. The molecule has 0 radical (unpaired) electrons. The van der Waals surface area contributed by atoms with E-state index >= 15 is 0 Å². The van der Waals surface area contributed by atoms with Crippen molar-refractivity contribution in [2.45, 2.75) is 13.3 Å². The van der Waals surface area contributed by atoms with Crippen LogP contribution in [0.4, 0.5) is 0 Å². The maximum Gasteiger partial charge on any atom is 0.127 e. The van der Waals surface area contributed by atoms with Crippen molar-refractivity contribution in [1.82, 2.24) is 0 Å². The summed E-state index contributed by atoms with van der Waals surface area (Å²) in [7, 11) is 0. The second kappa shape index (κ2) is 3.97. The van der Waals surface area contributed by atoms with Gasteiger partial charge in [0.25, 0.3) is 0 Å². The Morgan fingerprint density at radius 1 is 1.58 bits per heavy atom. The number of nitrogens with zero attached hydrogens (tertiary/aromatic N) is 1. The molecule has 1 heterocycles. The molecule has 2 nitrogen and oxygen atoms in total. The van der Waals surface area contributed by atoms with Gasteiger partial charge < -0.3 is 5.73 Å². The number of nitrogens with two attached hydrogens (primary N) is 1. The molecule has 4 heteroatoms. The highest BCUT2D eigenvalue weighted by molar-refractivity contribution is 6.32. The van der Waals surface area contributed by atoms with E-state index < -0.39 is 0 Å². The van der Waals surface area contributed by atoms with Crippen LogP contribution in [0.15, 0.2) is 27.3 Å². The molecule has 0 bridgehead atoms. The van der Waals surface area contributed by atoms with Crippen LogP contribution in [0.5, 0.6) is 0 Å². The largest absolute Gasteiger partial charge is 0.384 e. The first-order valence-electron chi connectivity index (χ1n) is 3.66. The minimum atomic E-state index is 0.259. The quantitative estimate of drug-likeness (QED) is 0.606. The summed E-state index contributed by atoms with van der Waals surface area (Å²) in [5.74, 6) is 0.613. The van der Waals surface area contributed by atoms with Gasteiger partial charge in [-0.25, -0.2) is 4.99 Å². The number of allylic oxidation sites excluding steroid dienone is 2. The Labute approximate surface area is 81.8 Å². The van der Waals surface area contributed by atoms with Crippen LogP contribution in [0.2, 0.25) is 0 Å². The lowest BCUT2D eigenvalue weighted by Gasteiger charge is -2.09. The lowest BCUT2D eigenvalue weighted by molar-refractivity contribution is 0.727. The molecule has 0 aromatic rings. The van der Waals surface area contributed by atoms with Gasteiger partial charge in [-0.1, -0.05) is 30.1 Å². The molecule has 1 atom stereocenters. The summed E-state index contributed by atoms with van der Waals surface area (Å²) < 4.78 is 0. The zero-order chi connectivity index (χ0) is 9.14. The van der Waals surface area contributed by atoms with Gasteiger partial charge in [0.1, 0.15) is 11.0 Å². The average molecular weight is 205 g/mol. The van der Waals surface area contributed by atoms with Gasteiger partial charge >= 0.3 is 0 Å². The molecule has 2 N–H and O–H groups in total. The third-order valence-electron chi connectivity index (χ3n) is 1.63. The molecule has 0 aliphatic carbocycles. The Hall–Kier alpha value is -0.470. The lowest BCUT2D eigenvalue weighted by Crippen LogP contribution is -2.10. The smallest absolute Gasteiger partial charge is 0.127 e. The van der Waals surface area contributed by atoms with Gasteiger partial charge in [0.15, 0.2) is 0 Å². The van der Waals surface area contributed by atoms with Crippen molar-refractivity contribution < 1.29 is 0 Å². The first kappa shape index (κ1) is 9.62. The molecule has 12 heavy (non-hydrogen) atoms. The van der Waals surface area contributed by atoms with Crippen molar-refractivity contribution in [3.8, 4) is 0 Å². The number of amidine groups is 1. The van der Waals surface area contributed by atoms with E-state index in [1.807, 2.05) is 13.0 Å². The highest BCUT2D eigenvalue weighted by Gasteiger charge is 2.08. The molecule has 0 saturated carbocycles. The van der Waals surface area contributed by atoms with Crippen molar-refractivity contribution in [2.24, 2.45) is 16.6 Å². The molecule has 66 valence electrons. The van der Waals surface area contributed by atoms with Gasteiger partial charge in [-0.05, 0) is 24.5 Å². The van der Waals surface area contributed by atoms with Crippen LogP contribution in [0, 0.1) is 5.92 Å². The Morgan fingerprint density at radius 2 is 2.25 bits per heavy atom. The monoisotopic (exact) mass is 204 g/mol. The second-order valence-electron chi connectivity index (χ2n) is 2.73. The lowest BCUT2D eigenvalue weighted by atomic mass is 10.1. The molecule has 0 fully saturated rings. The highest BCUT2D eigenvalue weighted by atomic mass is 35.5. The molecule has 0 spiro atoms. The third-order valence-corrected chi connectivity index (χ3v) is 2.35. The molecular weight excluding hydrogens is 195 g/mol. The molecule has 1 unspecified atom stereocenters. The van der Waals surface area contributed by atoms with Crippen LogP contribution in [0.25, 0.3) is 0 Å². The Balaban J connectivity index is 2.96. The van der Waals surface area contributed by atoms with Gasteiger partial charge in [-0.15, -0.1) is 0 Å². The fraction of sp³-hybridized carbons (Fsp3) is 0.375. The summed E-state index contributed by atoms with van der Waals surface area (Å²) in [4.78, 5) is 3.88. The molecule has 1 rings (SSSR count). The standard InChI is InChI=1S/C8H10Cl2N2/c1-5-2-3-7(10)12-8(11)4-6(5)9/h3-5H,2H2,1H3,(H2,11,12)/b6-4?,7-3+. The first-order chi connectivity index (χ1) is 5.59. The number of halogens is 2. The van der Waals surface area contributed by atoms with Crippen molar-refractivity contribution in [3.63, 3.8) is 0 Å². The van der Waals surface area contributed by atoms with E-state index in [0.29, 0.717) is 11.0 Å². The highest BCUT2D eigenvalue weighted by Crippen LogP contribution is 2.22. The van der Waals surface area contributed by atoms with Crippen LogP contribution in [0.3, 0.4) is 0 Å². The van der Waals surface area contributed by atoms with Gasteiger partial charge in [-0.2, -0.15) is 0 Å². The van der Waals surface area contributed by atoms with Gasteiger partial charge in [0.05, 0.1) is 0 Å². The average Bonchev–Trinajstić information content (AvgIpc) is 1.98. The SMILES string of the molecule is CC1C/C=C(\Cl)N=C(N)C=C1Cl. The molecule has 1 aliphatic heterocycles. The van der Waals surface area contributed by atoms with Crippen LogP contribution < -0.4 is 5.73 Å². The maximum atomic E-state index is 5.91. The number of aliphatic imine (C=N–C) groups is 1. The molecule has 0 amide bonds. The van der Waals surface area contributed by atoms with E-state index in [1.54, 1.807) is 6.08 Å². The molecule has 0 aromatic heterocycles. The summed E-state index contributed by atoms with van der Waals surface area (Å²) in [6.45, 7) is 2.01. The van der Waals surface area contributed by atoms with Crippen molar-refractivity contribution in [2.75, 3.05) is 0 Å². The van der Waals surface area contributed by atoms with E-state index in [2.05, 4.69) is 4.99 Å². The molecule has 0 saturated heterocycles. The molecule has 1 aliphatic rings. The topological polar surface area (TPSA) is 38.4 Å². The summed E-state index contributed by atoms with van der Waals surface area (Å²) in [5.41, 5.74) is 5.51. The predicted molar refractivity (Wildman–Crippen MR) is 53.3 cm³/mol. The minimum absolute atomic E-state index is 0.259. The Kier molecular flexibility index (Phi) is 3.18. The number of rotatable bonds is 0. The van der Waals surface area contributed by atoms with Gasteiger partial charge in [0.2, 0.25) is 0 Å². The normalized spacial score (nSPS) is 29.2. The maximum absolute atomic E-state index is 5.91. The zero-order valence-electron chi connectivity index (χ0n) is 6.72. The van der Waals surface area contributed by atoms with Crippen molar-refractivity contribution in [1.29, 1.82) is 0 Å². The minimum Gasteiger partial charge on any atom is -0.384 e. The van der Waals surface area contributed by atoms with Crippen LogP contribution in [-0.4, -0.2) is 5.84 Å². The predicted octanol–water partition coefficient (Wildman–Crippen LogP) is 2.59. The zero-order valence-corrected chi connectivity index (χ0v) is 8.23. The summed E-state index contributed by atoms with van der Waals surface area (Å²) in [5, 5.41) is 1.15. The molecular formula is C8H10Cl2N2. The van der Waals surface area contributed by atoms with Crippen LogP contribution in [0.1, 0.15) is 13.3 Å². The summed E-state index contributed by atoms with van der Waals surface area (Å²) in [6.07, 6.45) is 4.25. The second-order valence-corrected chi connectivity index (χ2v) is 3.55. The van der Waals surface area contributed by atoms with E-state index in [9.17, 15) is 0 Å². The van der Waals surface area contributed by atoms with Crippen molar-refractivity contribution in [3.05, 3.63) is 22.3 Å². The number of hydrogen-bond acceptors (Lipinski definition) is 2. The van der Waals surface area contributed by atoms with Crippen LogP contribution >= 0.6 is 23.2 Å².